The Morgan fingerprint density at radius 3 is 1.60 bits per heavy atom. The first kappa shape index (κ1) is 24.4. The van der Waals surface area contributed by atoms with Crippen molar-refractivity contribution in [1.29, 1.82) is 0 Å². The standard InChI is InChI=1S/C47H31N3/c1-3-11-32(12-4-1)38-25-26-40-31-42(28-27-39(40)29-38)47-49-45(36-14-5-2-6-15-36)48-46(50-47)41-18-9-17-37(30-41)33-21-23-35(24-22-33)44-20-10-16-34-13-7-8-19-43(34)44/h1-31H/i2D,5D,6D,14D,15D. The van der Waals surface area contributed by atoms with Gasteiger partial charge < -0.3 is 0 Å². The van der Waals surface area contributed by atoms with E-state index in [1.54, 1.807) is 0 Å². The maximum atomic E-state index is 8.72. The molecule has 0 aliphatic carbocycles. The zero-order valence-corrected chi connectivity index (χ0v) is 26.9. The summed E-state index contributed by atoms with van der Waals surface area (Å²) in [4.78, 5) is 14.5. The number of hydrogen-bond donors (Lipinski definition) is 0. The first-order valence-electron chi connectivity index (χ1n) is 18.9. The van der Waals surface area contributed by atoms with E-state index in [1.165, 1.54) is 16.3 Å². The summed E-state index contributed by atoms with van der Waals surface area (Å²) < 4.78 is 42.3. The summed E-state index contributed by atoms with van der Waals surface area (Å²) in [5.74, 6) is 0.646. The van der Waals surface area contributed by atoms with Crippen LogP contribution in [0.2, 0.25) is 0 Å². The molecule has 3 nitrogen and oxygen atoms in total. The zero-order valence-electron chi connectivity index (χ0n) is 31.9. The molecule has 9 aromatic rings. The van der Waals surface area contributed by atoms with Crippen LogP contribution in [0, 0.1) is 0 Å². The van der Waals surface area contributed by atoms with E-state index in [4.69, 9.17) is 21.8 Å². The lowest BCUT2D eigenvalue weighted by Gasteiger charge is -2.11. The highest BCUT2D eigenvalue weighted by Crippen LogP contribution is 2.33. The predicted molar refractivity (Wildman–Crippen MR) is 207 cm³/mol. The number of rotatable bonds is 6. The van der Waals surface area contributed by atoms with Crippen LogP contribution in [0.1, 0.15) is 6.85 Å². The first-order valence-corrected chi connectivity index (χ1v) is 16.4. The average Bonchev–Trinajstić information content (AvgIpc) is 3.25. The molecule has 0 N–H and O–H groups in total. The van der Waals surface area contributed by atoms with Crippen molar-refractivity contribution in [2.45, 2.75) is 0 Å². The van der Waals surface area contributed by atoms with Crippen molar-refractivity contribution in [2.75, 3.05) is 0 Å². The molecule has 1 aromatic heterocycles. The summed E-state index contributed by atoms with van der Waals surface area (Å²) >= 11 is 0. The Labute approximate surface area is 298 Å². The summed E-state index contributed by atoms with van der Waals surface area (Å²) in [6.45, 7) is 0. The number of nitrogens with zero attached hydrogens (tertiary/aromatic N) is 3. The van der Waals surface area contributed by atoms with Gasteiger partial charge in [0.15, 0.2) is 17.5 Å². The van der Waals surface area contributed by atoms with Gasteiger partial charge in [0.2, 0.25) is 0 Å². The van der Waals surface area contributed by atoms with Crippen molar-refractivity contribution in [3.63, 3.8) is 0 Å². The molecule has 0 amide bonds. The van der Waals surface area contributed by atoms with Gasteiger partial charge in [-0.2, -0.15) is 0 Å². The maximum Gasteiger partial charge on any atom is 0.164 e. The highest BCUT2D eigenvalue weighted by Gasteiger charge is 2.14. The van der Waals surface area contributed by atoms with Gasteiger partial charge in [0.05, 0.1) is 6.85 Å². The highest BCUT2D eigenvalue weighted by atomic mass is 15.0. The second-order valence-electron chi connectivity index (χ2n) is 12.1. The molecular weight excluding hydrogens is 607 g/mol. The van der Waals surface area contributed by atoms with Crippen LogP contribution in [-0.2, 0) is 0 Å². The van der Waals surface area contributed by atoms with Crippen molar-refractivity contribution in [2.24, 2.45) is 0 Å². The molecule has 0 radical (unpaired) electrons. The second kappa shape index (κ2) is 12.7. The third kappa shape index (κ3) is 5.72. The van der Waals surface area contributed by atoms with Gasteiger partial charge in [-0.3, -0.25) is 0 Å². The molecule has 234 valence electrons. The summed E-state index contributed by atoms with van der Waals surface area (Å²) in [6, 6.07) is 51.4. The van der Waals surface area contributed by atoms with Crippen LogP contribution in [0.5, 0.6) is 0 Å². The van der Waals surface area contributed by atoms with Crippen molar-refractivity contribution in [3.8, 4) is 67.5 Å². The summed E-state index contributed by atoms with van der Waals surface area (Å²) in [5.41, 5.74) is 7.80. The average molecular weight is 643 g/mol. The van der Waals surface area contributed by atoms with Crippen LogP contribution in [0.4, 0.5) is 0 Å². The molecule has 50 heavy (non-hydrogen) atoms. The molecule has 1 heterocycles. The molecule has 0 fully saturated rings. The first-order chi connectivity index (χ1) is 26.8. The van der Waals surface area contributed by atoms with E-state index in [0.717, 1.165) is 38.6 Å². The minimum Gasteiger partial charge on any atom is -0.208 e. The van der Waals surface area contributed by atoms with Crippen LogP contribution < -0.4 is 0 Å². The third-order valence-corrected chi connectivity index (χ3v) is 9.00. The van der Waals surface area contributed by atoms with E-state index in [-0.39, 0.29) is 23.5 Å². The van der Waals surface area contributed by atoms with Crippen molar-refractivity contribution in [1.82, 2.24) is 15.0 Å². The van der Waals surface area contributed by atoms with Crippen LogP contribution in [0.3, 0.4) is 0 Å². The SMILES string of the molecule is [2H]c1c([2H])c([2H])c(-c2nc(-c3cccc(-c4ccc(-c5cccc6ccccc56)cc4)c3)nc(-c3ccc4cc(-c5ccccc5)ccc4c3)n2)c([2H])c1[2H]. The molecule has 0 saturated carbocycles. The molecule has 0 aliphatic heterocycles. The van der Waals surface area contributed by atoms with E-state index in [1.807, 2.05) is 66.7 Å². The fraction of sp³-hybridized carbons (Fsp3) is 0. The fourth-order valence-corrected chi connectivity index (χ4v) is 6.46. The Hall–Kier alpha value is -6.71. The van der Waals surface area contributed by atoms with E-state index >= 15 is 0 Å². The summed E-state index contributed by atoms with van der Waals surface area (Å²) in [5, 5.41) is 4.42. The zero-order chi connectivity index (χ0) is 37.6. The molecule has 0 unspecified atom stereocenters. The Morgan fingerprint density at radius 1 is 0.320 bits per heavy atom. The monoisotopic (exact) mass is 642 g/mol. The Bertz CT molecular complexity index is 2900. The van der Waals surface area contributed by atoms with Gasteiger partial charge in [0, 0.05) is 16.7 Å². The van der Waals surface area contributed by atoms with Crippen molar-refractivity contribution >= 4 is 21.5 Å². The number of aromatic nitrogens is 3. The van der Waals surface area contributed by atoms with E-state index in [2.05, 4.69) is 91.0 Å². The molecule has 0 aliphatic rings. The van der Waals surface area contributed by atoms with Gasteiger partial charge in [-0.05, 0) is 73.1 Å². The number of hydrogen-bond acceptors (Lipinski definition) is 3. The molecule has 8 aromatic carbocycles. The van der Waals surface area contributed by atoms with Gasteiger partial charge in [-0.1, -0.05) is 170 Å². The molecule has 3 heteroatoms. The quantitative estimate of drug-likeness (QED) is 0.181. The number of fused-ring (bicyclic) bond motifs is 2. The molecule has 0 spiro atoms. The van der Waals surface area contributed by atoms with Crippen molar-refractivity contribution in [3.05, 3.63) is 188 Å². The lowest BCUT2D eigenvalue weighted by molar-refractivity contribution is 1.07. The summed E-state index contributed by atoms with van der Waals surface area (Å²) in [7, 11) is 0. The Morgan fingerprint density at radius 2 is 0.820 bits per heavy atom. The largest absolute Gasteiger partial charge is 0.208 e. The van der Waals surface area contributed by atoms with Crippen molar-refractivity contribution < 1.29 is 6.85 Å². The van der Waals surface area contributed by atoms with Gasteiger partial charge in [0.1, 0.15) is 0 Å². The number of benzene rings is 8. The van der Waals surface area contributed by atoms with E-state index in [9.17, 15) is 0 Å². The lowest BCUT2D eigenvalue weighted by Crippen LogP contribution is -2.00. The highest BCUT2D eigenvalue weighted by molar-refractivity contribution is 5.97. The fourth-order valence-electron chi connectivity index (χ4n) is 6.46. The minimum absolute atomic E-state index is 0.00126. The predicted octanol–water partition coefficient (Wildman–Crippen LogP) is 12.2. The van der Waals surface area contributed by atoms with Gasteiger partial charge in [0.25, 0.3) is 0 Å². The minimum atomic E-state index is -0.475. The smallest absolute Gasteiger partial charge is 0.164 e. The van der Waals surface area contributed by atoms with E-state index < -0.39 is 18.1 Å². The van der Waals surface area contributed by atoms with Gasteiger partial charge in [-0.25, -0.2) is 15.0 Å². The lowest BCUT2D eigenvalue weighted by atomic mass is 9.96. The van der Waals surface area contributed by atoms with Crippen LogP contribution in [0.15, 0.2) is 188 Å². The van der Waals surface area contributed by atoms with Crippen LogP contribution in [-0.4, -0.2) is 15.0 Å². The van der Waals surface area contributed by atoms with Crippen LogP contribution in [0.25, 0.3) is 89.1 Å². The van der Waals surface area contributed by atoms with Crippen LogP contribution >= 0.6 is 0 Å². The van der Waals surface area contributed by atoms with Gasteiger partial charge in [-0.15, -0.1) is 0 Å². The second-order valence-corrected chi connectivity index (χ2v) is 12.1. The van der Waals surface area contributed by atoms with E-state index in [0.29, 0.717) is 22.8 Å². The maximum absolute atomic E-state index is 8.72. The topological polar surface area (TPSA) is 38.7 Å². The Kier molecular flexibility index (Phi) is 6.22. The third-order valence-electron chi connectivity index (χ3n) is 9.00. The molecular formula is C47H31N3. The molecule has 9 rings (SSSR count). The Balaban J connectivity index is 1.15. The summed E-state index contributed by atoms with van der Waals surface area (Å²) in [6.07, 6.45) is 0. The molecule has 0 bridgehead atoms. The van der Waals surface area contributed by atoms with Gasteiger partial charge >= 0.3 is 0 Å². The normalized spacial score (nSPS) is 12.6. The molecule has 0 atom stereocenters. The molecule has 0 saturated heterocycles.